The topological polar surface area (TPSA) is 0 Å². The molecule has 0 amide bonds. The van der Waals surface area contributed by atoms with Gasteiger partial charge in [-0.2, -0.15) is 0 Å². The van der Waals surface area contributed by atoms with E-state index in [4.69, 9.17) is 11.6 Å². The van der Waals surface area contributed by atoms with Gasteiger partial charge < -0.3 is 0 Å². The van der Waals surface area contributed by atoms with Crippen LogP contribution in [0.15, 0.2) is 24.3 Å². The molecule has 1 aromatic carbocycles. The van der Waals surface area contributed by atoms with Crippen LogP contribution in [0, 0.1) is 6.08 Å². The molecule has 2 rings (SSSR count). The van der Waals surface area contributed by atoms with E-state index in [0.29, 0.717) is 0 Å². The number of benzene rings is 1. The Hall–Kier alpha value is -0.750. The molecule has 0 aliphatic heterocycles. The van der Waals surface area contributed by atoms with Crippen LogP contribution in [0.25, 0.3) is 5.03 Å². The van der Waals surface area contributed by atoms with Crippen LogP contribution in [0.3, 0.4) is 0 Å². The first-order valence-corrected chi connectivity index (χ1v) is 3.14. The van der Waals surface area contributed by atoms with Gasteiger partial charge >= 0.3 is 0 Å². The van der Waals surface area contributed by atoms with E-state index in [1.807, 2.05) is 24.3 Å². The molecule has 0 bridgehead atoms. The summed E-state index contributed by atoms with van der Waals surface area (Å²) >= 11 is 5.69. The number of halogens is 1. The van der Waals surface area contributed by atoms with Crippen molar-refractivity contribution in [2.24, 2.45) is 0 Å². The van der Waals surface area contributed by atoms with E-state index >= 15 is 0 Å². The predicted molar refractivity (Wildman–Crippen MR) is 38.0 cm³/mol. The molecular weight excluding hydrogens is 132 g/mol. The van der Waals surface area contributed by atoms with Crippen LogP contribution in [0.4, 0.5) is 0 Å². The highest BCUT2D eigenvalue weighted by atomic mass is 35.5. The molecule has 1 aromatic rings. The van der Waals surface area contributed by atoms with Gasteiger partial charge in [0.25, 0.3) is 0 Å². The number of fused-ring (bicyclic) bond motifs is 1. The fourth-order valence-electron chi connectivity index (χ4n) is 0.907. The molecule has 1 aliphatic carbocycles. The van der Waals surface area contributed by atoms with Crippen LogP contribution in [0.1, 0.15) is 11.1 Å². The molecule has 0 atom stereocenters. The van der Waals surface area contributed by atoms with Crippen LogP contribution in [-0.4, -0.2) is 0 Å². The number of hydrogen-bond acceptors (Lipinski definition) is 0. The molecule has 0 nitrogen and oxygen atoms in total. The molecule has 0 heterocycles. The average Bonchev–Trinajstić information content (AvgIpc) is 1.86. The Labute approximate surface area is 58.8 Å². The number of rotatable bonds is 0. The van der Waals surface area contributed by atoms with E-state index in [2.05, 4.69) is 6.08 Å². The normalized spacial score (nSPS) is 13.7. The summed E-state index contributed by atoms with van der Waals surface area (Å²) in [7, 11) is 0. The molecule has 0 fully saturated rings. The van der Waals surface area contributed by atoms with E-state index in [0.717, 1.165) is 16.2 Å². The summed E-state index contributed by atoms with van der Waals surface area (Å²) in [4.78, 5) is 0. The zero-order chi connectivity index (χ0) is 6.27. The molecule has 0 unspecified atom stereocenters. The zero-order valence-corrected chi connectivity index (χ0v) is 5.44. The Bertz CT molecular complexity index is 274. The van der Waals surface area contributed by atoms with Gasteiger partial charge in [-0.25, -0.2) is 0 Å². The maximum absolute atomic E-state index is 5.69. The monoisotopic (exact) mass is 135 g/mol. The highest BCUT2D eigenvalue weighted by Crippen LogP contribution is 2.31. The van der Waals surface area contributed by atoms with Crippen molar-refractivity contribution in [3.05, 3.63) is 41.5 Å². The van der Waals surface area contributed by atoms with Gasteiger partial charge in [-0.15, -0.1) is 0 Å². The predicted octanol–water partition coefficient (Wildman–Crippen LogP) is 2.43. The van der Waals surface area contributed by atoms with Crippen LogP contribution in [0.5, 0.6) is 0 Å². The van der Waals surface area contributed by atoms with E-state index in [-0.39, 0.29) is 0 Å². The third-order valence-electron chi connectivity index (χ3n) is 1.41. The van der Waals surface area contributed by atoms with Crippen molar-refractivity contribution in [2.45, 2.75) is 0 Å². The van der Waals surface area contributed by atoms with Gasteiger partial charge in [-0.05, 0) is 5.56 Å². The Kier molecular flexibility index (Phi) is 0.908. The molecule has 0 saturated carbocycles. The first-order valence-electron chi connectivity index (χ1n) is 2.77. The maximum atomic E-state index is 5.69. The van der Waals surface area contributed by atoms with Gasteiger partial charge in [0.1, 0.15) is 0 Å². The second-order valence-corrected chi connectivity index (χ2v) is 2.36. The Morgan fingerprint density at radius 3 is 2.56 bits per heavy atom. The quantitative estimate of drug-likeness (QED) is 0.513. The molecule has 1 heteroatoms. The Morgan fingerprint density at radius 1 is 1.22 bits per heavy atom. The lowest BCUT2D eigenvalue weighted by Crippen LogP contribution is -1.93. The van der Waals surface area contributed by atoms with Gasteiger partial charge in [0.2, 0.25) is 0 Å². The molecule has 1 radical (unpaired) electrons. The fraction of sp³-hybridized carbons (Fsp3) is 0. The molecule has 0 N–H and O–H groups in total. The summed E-state index contributed by atoms with van der Waals surface area (Å²) in [5, 5.41) is 0.755. The summed E-state index contributed by atoms with van der Waals surface area (Å²) in [6.45, 7) is 0. The van der Waals surface area contributed by atoms with Crippen LogP contribution in [-0.2, 0) is 0 Å². The van der Waals surface area contributed by atoms with Crippen LogP contribution >= 0.6 is 11.6 Å². The average molecular weight is 136 g/mol. The third-order valence-corrected chi connectivity index (χ3v) is 1.71. The fourth-order valence-corrected chi connectivity index (χ4v) is 1.17. The van der Waals surface area contributed by atoms with E-state index in [9.17, 15) is 0 Å². The molecule has 0 spiro atoms. The lowest BCUT2D eigenvalue weighted by Gasteiger charge is -2.11. The van der Waals surface area contributed by atoms with Crippen molar-refractivity contribution in [1.29, 1.82) is 0 Å². The van der Waals surface area contributed by atoms with E-state index < -0.39 is 0 Å². The van der Waals surface area contributed by atoms with E-state index in [1.54, 1.807) is 0 Å². The third kappa shape index (κ3) is 0.600. The van der Waals surface area contributed by atoms with Crippen molar-refractivity contribution in [2.75, 3.05) is 0 Å². The van der Waals surface area contributed by atoms with Crippen molar-refractivity contribution < 1.29 is 0 Å². The van der Waals surface area contributed by atoms with Crippen LogP contribution < -0.4 is 0 Å². The summed E-state index contributed by atoms with van der Waals surface area (Å²) in [5.41, 5.74) is 2.25. The van der Waals surface area contributed by atoms with Gasteiger partial charge in [-0.1, -0.05) is 35.9 Å². The minimum absolute atomic E-state index is 0.755. The SMILES string of the molecule is ClC1=[C]c2ccccc21. The van der Waals surface area contributed by atoms with Crippen molar-refractivity contribution in [3.63, 3.8) is 0 Å². The van der Waals surface area contributed by atoms with E-state index in [1.165, 1.54) is 0 Å². The minimum Gasteiger partial charge on any atom is -0.0830 e. The molecule has 1 aliphatic rings. The largest absolute Gasteiger partial charge is 0.0830 e. The van der Waals surface area contributed by atoms with Gasteiger partial charge in [-0.3, -0.25) is 0 Å². The zero-order valence-electron chi connectivity index (χ0n) is 4.69. The van der Waals surface area contributed by atoms with Gasteiger partial charge in [0.15, 0.2) is 0 Å². The first-order chi connectivity index (χ1) is 4.38. The van der Waals surface area contributed by atoms with Gasteiger partial charge in [0.05, 0.1) is 5.03 Å². The lowest BCUT2D eigenvalue weighted by atomic mass is 9.98. The first kappa shape index (κ1) is 5.07. The Morgan fingerprint density at radius 2 is 2.00 bits per heavy atom. The standard InChI is InChI=1S/C8H4Cl/c9-8-5-6-3-1-2-4-7(6)8/h1-4H. The van der Waals surface area contributed by atoms with Crippen LogP contribution in [0.2, 0.25) is 0 Å². The number of hydrogen-bond donors (Lipinski definition) is 0. The highest BCUT2D eigenvalue weighted by Gasteiger charge is 2.12. The van der Waals surface area contributed by atoms with Crippen molar-refractivity contribution in [1.82, 2.24) is 0 Å². The molecule has 9 heavy (non-hydrogen) atoms. The smallest absolute Gasteiger partial charge is 0.0570 e. The minimum atomic E-state index is 0.755. The van der Waals surface area contributed by atoms with Crippen molar-refractivity contribution in [3.8, 4) is 0 Å². The Balaban J connectivity index is 2.61. The lowest BCUT2D eigenvalue weighted by molar-refractivity contribution is 1.46. The summed E-state index contributed by atoms with van der Waals surface area (Å²) in [5.74, 6) is 0. The van der Waals surface area contributed by atoms with Crippen molar-refractivity contribution >= 4 is 16.6 Å². The second-order valence-electron chi connectivity index (χ2n) is 1.98. The summed E-state index contributed by atoms with van der Waals surface area (Å²) in [6, 6.07) is 7.95. The summed E-state index contributed by atoms with van der Waals surface area (Å²) in [6.07, 6.45) is 2.97. The molecule has 0 aromatic heterocycles. The molecule has 0 saturated heterocycles. The molecular formula is C8H4Cl. The second kappa shape index (κ2) is 1.61. The maximum Gasteiger partial charge on any atom is 0.0570 e. The highest BCUT2D eigenvalue weighted by molar-refractivity contribution is 6.50. The summed E-state index contributed by atoms with van der Waals surface area (Å²) < 4.78 is 0. The van der Waals surface area contributed by atoms with Gasteiger partial charge in [0, 0.05) is 11.6 Å². The molecule has 43 valence electrons.